The van der Waals surface area contributed by atoms with Gasteiger partial charge in [0.05, 0.1) is 6.61 Å². The fourth-order valence-corrected chi connectivity index (χ4v) is 3.57. The minimum Gasteiger partial charge on any atom is -0.494 e. The van der Waals surface area contributed by atoms with E-state index in [4.69, 9.17) is 4.74 Å². The van der Waals surface area contributed by atoms with E-state index in [1.807, 2.05) is 61.8 Å². The summed E-state index contributed by atoms with van der Waals surface area (Å²) in [6.07, 6.45) is 7.33. The first-order valence-corrected chi connectivity index (χ1v) is 10.4. The molecule has 0 bridgehead atoms. The Kier molecular flexibility index (Phi) is 6.23. The Morgan fingerprint density at radius 3 is 2.43 bits per heavy atom. The van der Waals surface area contributed by atoms with Crippen LogP contribution in [0, 0.1) is 0 Å². The highest BCUT2D eigenvalue weighted by Crippen LogP contribution is 2.23. The highest BCUT2D eigenvalue weighted by Gasteiger charge is 2.14. The van der Waals surface area contributed by atoms with E-state index in [0.29, 0.717) is 12.2 Å². The highest BCUT2D eigenvalue weighted by molar-refractivity contribution is 6.05. The molecule has 1 N–H and O–H groups in total. The third kappa shape index (κ3) is 4.76. The molecule has 0 atom stereocenters. The van der Waals surface area contributed by atoms with Gasteiger partial charge in [-0.2, -0.15) is 0 Å². The van der Waals surface area contributed by atoms with Crippen molar-refractivity contribution in [2.24, 2.45) is 0 Å². The number of amides is 1. The fraction of sp³-hybridized carbons (Fsp3) is 0.292. The monoisotopic (exact) mass is 402 g/mol. The number of ether oxygens (including phenoxy) is 1. The second-order valence-electron chi connectivity index (χ2n) is 7.31. The van der Waals surface area contributed by atoms with Crippen LogP contribution in [0.15, 0.2) is 60.9 Å². The number of rotatable bonds is 6. The van der Waals surface area contributed by atoms with Crippen LogP contribution in [0.4, 0.5) is 11.6 Å². The Bertz CT molecular complexity index is 981. The zero-order chi connectivity index (χ0) is 20.8. The summed E-state index contributed by atoms with van der Waals surface area (Å²) in [7, 11) is 0. The largest absolute Gasteiger partial charge is 0.494 e. The zero-order valence-corrected chi connectivity index (χ0v) is 17.2. The van der Waals surface area contributed by atoms with Crippen LogP contribution in [0.25, 0.3) is 11.1 Å². The average molecular weight is 402 g/mol. The molecule has 30 heavy (non-hydrogen) atoms. The van der Waals surface area contributed by atoms with Crippen molar-refractivity contribution in [1.82, 2.24) is 9.97 Å². The number of carbonyl (C=O) groups is 1. The molecule has 1 fully saturated rings. The molecule has 4 rings (SSSR count). The summed E-state index contributed by atoms with van der Waals surface area (Å²) in [6.45, 7) is 4.58. The molecule has 1 amide bonds. The van der Waals surface area contributed by atoms with Crippen molar-refractivity contribution in [3.8, 4) is 16.9 Å². The predicted octanol–water partition coefficient (Wildman–Crippen LogP) is 4.78. The lowest BCUT2D eigenvalue weighted by molar-refractivity contribution is 0.102. The minimum atomic E-state index is -0.160. The van der Waals surface area contributed by atoms with Crippen LogP contribution >= 0.6 is 0 Å². The maximum Gasteiger partial charge on any atom is 0.255 e. The molecule has 2 heterocycles. The van der Waals surface area contributed by atoms with E-state index in [9.17, 15) is 4.79 Å². The number of carbonyl (C=O) groups excluding carboxylic acids is 1. The number of nitrogens with one attached hydrogen (secondary N) is 1. The molecule has 1 saturated heterocycles. The van der Waals surface area contributed by atoms with Crippen molar-refractivity contribution in [2.45, 2.75) is 26.2 Å². The summed E-state index contributed by atoms with van der Waals surface area (Å²) in [5.41, 5.74) is 3.12. The van der Waals surface area contributed by atoms with Crippen LogP contribution in [0.1, 0.15) is 36.5 Å². The first kappa shape index (κ1) is 19.9. The van der Waals surface area contributed by atoms with Crippen LogP contribution in [0.2, 0.25) is 0 Å². The van der Waals surface area contributed by atoms with Crippen molar-refractivity contribution in [3.63, 3.8) is 0 Å². The van der Waals surface area contributed by atoms with Crippen molar-refractivity contribution in [3.05, 3.63) is 66.5 Å². The third-order valence-electron chi connectivity index (χ3n) is 5.16. The Morgan fingerprint density at radius 2 is 1.73 bits per heavy atom. The summed E-state index contributed by atoms with van der Waals surface area (Å²) in [4.78, 5) is 24.0. The van der Waals surface area contributed by atoms with Crippen LogP contribution in [0.5, 0.6) is 5.75 Å². The van der Waals surface area contributed by atoms with Gasteiger partial charge in [-0.05, 0) is 68.1 Å². The lowest BCUT2D eigenvalue weighted by atomic mass is 10.1. The van der Waals surface area contributed by atoms with Gasteiger partial charge in [-0.15, -0.1) is 0 Å². The number of nitrogens with zero attached hydrogens (tertiary/aromatic N) is 3. The third-order valence-corrected chi connectivity index (χ3v) is 5.16. The zero-order valence-electron chi connectivity index (χ0n) is 17.2. The van der Waals surface area contributed by atoms with E-state index >= 15 is 0 Å². The number of piperidine rings is 1. The van der Waals surface area contributed by atoms with Gasteiger partial charge in [-0.1, -0.05) is 12.1 Å². The molecule has 0 saturated carbocycles. The quantitative estimate of drug-likeness (QED) is 0.642. The van der Waals surface area contributed by atoms with Gasteiger partial charge in [-0.3, -0.25) is 4.79 Å². The van der Waals surface area contributed by atoms with E-state index in [1.165, 1.54) is 19.3 Å². The first-order valence-electron chi connectivity index (χ1n) is 10.4. The summed E-state index contributed by atoms with van der Waals surface area (Å²) in [5.74, 6) is 1.40. The second-order valence-corrected chi connectivity index (χ2v) is 7.31. The summed E-state index contributed by atoms with van der Waals surface area (Å²) in [5, 5.41) is 2.93. The van der Waals surface area contributed by atoms with Crippen molar-refractivity contribution in [2.75, 3.05) is 29.9 Å². The molecule has 0 aliphatic carbocycles. The van der Waals surface area contributed by atoms with Crippen LogP contribution in [-0.4, -0.2) is 35.6 Å². The molecule has 0 radical (unpaired) electrons. The highest BCUT2D eigenvalue weighted by atomic mass is 16.5. The van der Waals surface area contributed by atoms with Gasteiger partial charge in [0.1, 0.15) is 5.75 Å². The van der Waals surface area contributed by atoms with Crippen molar-refractivity contribution >= 4 is 17.5 Å². The Hall–Kier alpha value is -3.41. The average Bonchev–Trinajstić information content (AvgIpc) is 2.81. The SMILES string of the molecule is CCOc1ccc(NC(=O)c2cccc(-c3cnc(N4CCCCC4)nc3)c2)cc1. The minimum absolute atomic E-state index is 0.160. The lowest BCUT2D eigenvalue weighted by Gasteiger charge is -2.26. The van der Waals surface area contributed by atoms with E-state index in [1.54, 1.807) is 6.07 Å². The predicted molar refractivity (Wildman–Crippen MR) is 119 cm³/mol. The molecule has 1 aromatic heterocycles. The van der Waals surface area contributed by atoms with Crippen LogP contribution in [-0.2, 0) is 0 Å². The van der Waals surface area contributed by atoms with E-state index < -0.39 is 0 Å². The molecule has 2 aromatic carbocycles. The Labute approximate surface area is 176 Å². The number of benzene rings is 2. The molecular weight excluding hydrogens is 376 g/mol. The van der Waals surface area contributed by atoms with Gasteiger partial charge in [-0.25, -0.2) is 9.97 Å². The van der Waals surface area contributed by atoms with Gasteiger partial charge in [0.25, 0.3) is 5.91 Å². The molecular formula is C24H26N4O2. The van der Waals surface area contributed by atoms with Gasteiger partial charge in [0.15, 0.2) is 0 Å². The lowest BCUT2D eigenvalue weighted by Crippen LogP contribution is -2.30. The summed E-state index contributed by atoms with van der Waals surface area (Å²) in [6, 6.07) is 14.9. The number of anilines is 2. The number of aromatic nitrogens is 2. The molecule has 0 spiro atoms. The van der Waals surface area contributed by atoms with Gasteiger partial charge in [0, 0.05) is 42.3 Å². The van der Waals surface area contributed by atoms with Crippen LogP contribution < -0.4 is 15.0 Å². The summed E-state index contributed by atoms with van der Waals surface area (Å²) < 4.78 is 5.43. The van der Waals surface area contributed by atoms with Gasteiger partial charge >= 0.3 is 0 Å². The molecule has 154 valence electrons. The molecule has 6 nitrogen and oxygen atoms in total. The molecule has 1 aliphatic heterocycles. The molecule has 0 unspecified atom stereocenters. The van der Waals surface area contributed by atoms with E-state index in [-0.39, 0.29) is 5.91 Å². The topological polar surface area (TPSA) is 67.3 Å². The molecule has 6 heteroatoms. The maximum absolute atomic E-state index is 12.7. The standard InChI is InChI=1S/C24H26N4O2/c1-2-30-22-11-9-21(10-12-22)27-23(29)19-8-6-7-18(15-19)20-16-25-24(26-17-20)28-13-4-3-5-14-28/h6-12,15-17H,2-5,13-14H2,1H3,(H,27,29). The smallest absolute Gasteiger partial charge is 0.255 e. The number of hydrogen-bond acceptors (Lipinski definition) is 5. The normalized spacial score (nSPS) is 13.7. The van der Waals surface area contributed by atoms with Crippen molar-refractivity contribution in [1.29, 1.82) is 0 Å². The molecule has 3 aromatic rings. The Balaban J connectivity index is 1.45. The number of hydrogen-bond donors (Lipinski definition) is 1. The van der Waals surface area contributed by atoms with Gasteiger partial charge in [0.2, 0.25) is 5.95 Å². The van der Waals surface area contributed by atoms with E-state index in [2.05, 4.69) is 20.2 Å². The fourth-order valence-electron chi connectivity index (χ4n) is 3.57. The van der Waals surface area contributed by atoms with E-state index in [0.717, 1.165) is 41.6 Å². The Morgan fingerprint density at radius 1 is 1.00 bits per heavy atom. The van der Waals surface area contributed by atoms with Crippen molar-refractivity contribution < 1.29 is 9.53 Å². The molecule has 1 aliphatic rings. The first-order chi connectivity index (χ1) is 14.7. The maximum atomic E-state index is 12.7. The van der Waals surface area contributed by atoms with Crippen LogP contribution in [0.3, 0.4) is 0 Å². The van der Waals surface area contributed by atoms with Gasteiger partial charge < -0.3 is 15.0 Å². The second kappa shape index (κ2) is 9.39. The summed E-state index contributed by atoms with van der Waals surface area (Å²) >= 11 is 0.